The molecule has 4 aliphatic rings. The number of ether oxygens (including phenoxy) is 1. The highest BCUT2D eigenvalue weighted by molar-refractivity contribution is 6.38. The molecule has 4 amide bonds. The molecule has 1 saturated heterocycles. The first-order chi connectivity index (χ1) is 19.7. The number of rotatable bonds is 12. The van der Waals surface area contributed by atoms with E-state index in [1.807, 2.05) is 0 Å². The van der Waals surface area contributed by atoms with Crippen LogP contribution in [0, 0.1) is 29.1 Å². The smallest absolute Gasteiger partial charge is 0.408 e. The number of carbonyl (C=O) groups excluding carboxylic acids is 5. The Morgan fingerprint density at radius 3 is 2.29 bits per heavy atom. The molecule has 4 fully saturated rings. The summed E-state index contributed by atoms with van der Waals surface area (Å²) in [5, 5.41) is 8.38. The van der Waals surface area contributed by atoms with E-state index >= 15 is 0 Å². The number of likely N-dealkylation sites (tertiary alicyclic amines) is 1. The van der Waals surface area contributed by atoms with Crippen molar-refractivity contribution in [2.45, 2.75) is 116 Å². The lowest BCUT2D eigenvalue weighted by Gasteiger charge is -2.37. The molecule has 0 aromatic heterocycles. The van der Waals surface area contributed by atoms with Gasteiger partial charge in [0, 0.05) is 13.1 Å². The average molecular weight is 587 g/mol. The van der Waals surface area contributed by atoms with E-state index in [1.54, 1.807) is 31.7 Å². The topological polar surface area (TPSA) is 134 Å². The SMILES string of the molecule is C=CCCNC(=O)C(=O)C(CC1CC1)NC(=O)C1C2C(CN1C(=O)C(NC(=O)OC(C)(C)C)C1CCCCC1)C2(C)C. The second kappa shape index (κ2) is 12.8. The van der Waals surface area contributed by atoms with E-state index in [-0.39, 0.29) is 29.1 Å². The Morgan fingerprint density at radius 2 is 1.69 bits per heavy atom. The van der Waals surface area contributed by atoms with E-state index in [4.69, 9.17) is 4.74 Å². The number of ketones is 1. The van der Waals surface area contributed by atoms with Crippen molar-refractivity contribution >= 4 is 29.6 Å². The van der Waals surface area contributed by atoms with Crippen LogP contribution in [-0.4, -0.2) is 71.3 Å². The van der Waals surface area contributed by atoms with Gasteiger partial charge in [-0.05, 0) is 75.5 Å². The van der Waals surface area contributed by atoms with Gasteiger partial charge in [-0.15, -0.1) is 6.58 Å². The summed E-state index contributed by atoms with van der Waals surface area (Å²) in [5.74, 6) is -1.73. The van der Waals surface area contributed by atoms with Crippen molar-refractivity contribution in [3.63, 3.8) is 0 Å². The Labute approximate surface area is 250 Å². The van der Waals surface area contributed by atoms with Crippen LogP contribution in [0.2, 0.25) is 0 Å². The molecular weight excluding hydrogens is 536 g/mol. The molecule has 0 aromatic rings. The van der Waals surface area contributed by atoms with Crippen molar-refractivity contribution in [3.05, 3.63) is 12.7 Å². The lowest BCUT2D eigenvalue weighted by atomic mass is 9.83. The molecule has 42 heavy (non-hydrogen) atoms. The minimum Gasteiger partial charge on any atom is -0.444 e. The highest BCUT2D eigenvalue weighted by Gasteiger charge is 2.69. The molecule has 0 radical (unpaired) electrons. The summed E-state index contributed by atoms with van der Waals surface area (Å²) in [6.45, 7) is 13.9. The summed E-state index contributed by atoms with van der Waals surface area (Å²) in [6.07, 6.45) is 8.56. The predicted octanol–water partition coefficient (Wildman–Crippen LogP) is 3.49. The number of fused-ring (bicyclic) bond motifs is 1. The van der Waals surface area contributed by atoms with Crippen molar-refractivity contribution in [3.8, 4) is 0 Å². The minimum atomic E-state index is -0.944. The average Bonchev–Trinajstić information content (AvgIpc) is 3.77. The molecule has 3 aliphatic carbocycles. The Bertz CT molecular complexity index is 1070. The molecule has 1 heterocycles. The van der Waals surface area contributed by atoms with Crippen molar-refractivity contribution in [1.29, 1.82) is 0 Å². The highest BCUT2D eigenvalue weighted by atomic mass is 16.6. The number of nitrogens with zero attached hydrogens (tertiary/aromatic N) is 1. The van der Waals surface area contributed by atoms with Crippen LogP contribution in [0.15, 0.2) is 12.7 Å². The first-order valence-corrected chi connectivity index (χ1v) is 15.8. The van der Waals surface area contributed by atoms with Gasteiger partial charge < -0.3 is 25.6 Å². The van der Waals surface area contributed by atoms with Crippen LogP contribution in [0.5, 0.6) is 0 Å². The van der Waals surface area contributed by atoms with Gasteiger partial charge in [-0.3, -0.25) is 19.2 Å². The summed E-state index contributed by atoms with van der Waals surface area (Å²) in [6, 6.07) is -2.52. The predicted molar refractivity (Wildman–Crippen MR) is 158 cm³/mol. The van der Waals surface area contributed by atoms with Gasteiger partial charge in [0.05, 0.1) is 6.04 Å². The van der Waals surface area contributed by atoms with E-state index in [0.717, 1.165) is 44.9 Å². The van der Waals surface area contributed by atoms with E-state index in [9.17, 15) is 24.0 Å². The van der Waals surface area contributed by atoms with Crippen LogP contribution >= 0.6 is 0 Å². The number of carbonyl (C=O) groups is 5. The summed E-state index contributed by atoms with van der Waals surface area (Å²) in [5.41, 5.74) is -0.844. The van der Waals surface area contributed by atoms with Gasteiger partial charge in [0.2, 0.25) is 17.6 Å². The summed E-state index contributed by atoms with van der Waals surface area (Å²) in [4.78, 5) is 68.4. The van der Waals surface area contributed by atoms with E-state index in [0.29, 0.717) is 31.8 Å². The normalized spacial score (nSPS) is 26.3. The summed E-state index contributed by atoms with van der Waals surface area (Å²) < 4.78 is 5.51. The first-order valence-electron chi connectivity index (χ1n) is 15.8. The Morgan fingerprint density at radius 1 is 1.02 bits per heavy atom. The van der Waals surface area contributed by atoms with Gasteiger partial charge in [-0.1, -0.05) is 52.0 Å². The van der Waals surface area contributed by atoms with Crippen LogP contribution in [0.3, 0.4) is 0 Å². The van der Waals surface area contributed by atoms with Gasteiger partial charge >= 0.3 is 6.09 Å². The monoisotopic (exact) mass is 586 g/mol. The zero-order valence-electron chi connectivity index (χ0n) is 26.0. The minimum absolute atomic E-state index is 0.0455. The maximum Gasteiger partial charge on any atom is 0.408 e. The number of alkyl carbamates (subject to hydrolysis) is 1. The van der Waals surface area contributed by atoms with E-state index in [2.05, 4.69) is 36.4 Å². The van der Waals surface area contributed by atoms with Crippen molar-refractivity contribution in [2.75, 3.05) is 13.1 Å². The number of amides is 4. The number of Topliss-reactive ketones (excluding diaryl/α,β-unsaturated/α-hetero) is 1. The molecule has 10 nitrogen and oxygen atoms in total. The van der Waals surface area contributed by atoms with Crippen molar-refractivity contribution in [1.82, 2.24) is 20.9 Å². The molecule has 1 aliphatic heterocycles. The molecule has 0 aromatic carbocycles. The standard InChI is InChI=1S/C32H50N4O6/c1-7-8-16-33-28(39)26(37)22(17-19-14-15-19)34-27(38)25-23-21(32(23,5)6)18-36(25)29(40)24(20-12-10-9-11-13-20)35-30(41)42-31(2,3)4/h7,19-25H,1,8-18H2,2-6H3,(H,33,39)(H,34,38)(H,35,41). The molecule has 5 atom stereocenters. The maximum absolute atomic E-state index is 14.2. The first kappa shape index (κ1) is 32.0. The molecule has 0 bridgehead atoms. The second-order valence-corrected chi connectivity index (χ2v) is 14.3. The zero-order valence-corrected chi connectivity index (χ0v) is 26.0. The fourth-order valence-electron chi connectivity index (χ4n) is 6.98. The highest BCUT2D eigenvalue weighted by Crippen LogP contribution is 2.65. The van der Waals surface area contributed by atoms with Gasteiger partial charge in [0.15, 0.2) is 0 Å². The number of piperidine rings is 1. The zero-order chi connectivity index (χ0) is 30.8. The van der Waals surface area contributed by atoms with Gasteiger partial charge in [-0.25, -0.2) is 4.79 Å². The lowest BCUT2D eigenvalue weighted by Crippen LogP contribution is -2.60. The van der Waals surface area contributed by atoms with Crippen LogP contribution in [0.1, 0.15) is 92.4 Å². The molecule has 10 heteroatoms. The van der Waals surface area contributed by atoms with Crippen molar-refractivity contribution < 1.29 is 28.7 Å². The molecule has 3 saturated carbocycles. The quantitative estimate of drug-likeness (QED) is 0.182. The molecular formula is C32H50N4O6. The third-order valence-electron chi connectivity index (χ3n) is 9.58. The Hall–Kier alpha value is -2.91. The number of hydrogen-bond donors (Lipinski definition) is 3. The molecule has 234 valence electrons. The number of nitrogens with one attached hydrogen (secondary N) is 3. The van der Waals surface area contributed by atoms with E-state index < -0.39 is 47.4 Å². The fraction of sp³-hybridized carbons (Fsp3) is 0.781. The van der Waals surface area contributed by atoms with E-state index in [1.165, 1.54) is 0 Å². The number of hydrogen-bond acceptors (Lipinski definition) is 6. The van der Waals surface area contributed by atoms with Crippen LogP contribution in [0.25, 0.3) is 0 Å². The lowest BCUT2D eigenvalue weighted by molar-refractivity contribution is -0.145. The third kappa shape index (κ3) is 7.53. The van der Waals surface area contributed by atoms with Gasteiger partial charge in [0.1, 0.15) is 17.7 Å². The fourth-order valence-corrected chi connectivity index (χ4v) is 6.98. The third-order valence-corrected chi connectivity index (χ3v) is 9.58. The van der Waals surface area contributed by atoms with Crippen LogP contribution in [0.4, 0.5) is 4.79 Å². The van der Waals surface area contributed by atoms with Crippen LogP contribution in [-0.2, 0) is 23.9 Å². The molecule has 0 spiro atoms. The van der Waals surface area contributed by atoms with Crippen molar-refractivity contribution in [2.24, 2.45) is 29.1 Å². The molecule has 4 rings (SSSR count). The van der Waals surface area contributed by atoms with Gasteiger partial charge in [0.25, 0.3) is 5.91 Å². The Kier molecular flexibility index (Phi) is 9.72. The van der Waals surface area contributed by atoms with Gasteiger partial charge in [-0.2, -0.15) is 0 Å². The second-order valence-electron chi connectivity index (χ2n) is 14.3. The Balaban J connectivity index is 1.53. The largest absolute Gasteiger partial charge is 0.444 e. The maximum atomic E-state index is 14.2. The molecule has 5 unspecified atom stereocenters. The summed E-state index contributed by atoms with van der Waals surface area (Å²) >= 11 is 0. The molecule has 3 N–H and O–H groups in total. The summed E-state index contributed by atoms with van der Waals surface area (Å²) in [7, 11) is 0. The van der Waals surface area contributed by atoms with Crippen LogP contribution < -0.4 is 16.0 Å².